The van der Waals surface area contributed by atoms with Crippen LogP contribution in [0.5, 0.6) is 5.75 Å². The van der Waals surface area contributed by atoms with E-state index in [2.05, 4.69) is 0 Å². The van der Waals surface area contributed by atoms with E-state index in [1.165, 1.54) is 12.8 Å². The summed E-state index contributed by atoms with van der Waals surface area (Å²) >= 11 is 0. The van der Waals surface area contributed by atoms with Crippen molar-refractivity contribution in [2.45, 2.75) is 32.2 Å². The van der Waals surface area contributed by atoms with Crippen molar-refractivity contribution in [2.75, 3.05) is 20.2 Å². The van der Waals surface area contributed by atoms with Crippen LogP contribution in [-0.2, 0) is 11.3 Å². The Balaban J connectivity index is 1.76. The Kier molecular flexibility index (Phi) is 4.13. The quantitative estimate of drug-likeness (QED) is 0.869. The van der Waals surface area contributed by atoms with Gasteiger partial charge in [0.1, 0.15) is 12.3 Å². The van der Waals surface area contributed by atoms with Gasteiger partial charge in [-0.25, -0.2) is 0 Å². The zero-order chi connectivity index (χ0) is 14.7. The van der Waals surface area contributed by atoms with Gasteiger partial charge in [-0.05, 0) is 37.1 Å². The van der Waals surface area contributed by atoms with Gasteiger partial charge in [0.25, 0.3) is 0 Å². The molecule has 1 saturated heterocycles. The number of carbonyl (C=O) groups is 1. The second-order valence-electron chi connectivity index (χ2n) is 5.66. The average molecular weight is 286 g/mol. The van der Waals surface area contributed by atoms with E-state index in [0.717, 1.165) is 42.6 Å². The van der Waals surface area contributed by atoms with E-state index in [9.17, 15) is 4.79 Å². The number of likely N-dealkylation sites (tertiary alicyclic amines) is 1. The maximum Gasteiger partial charge on any atom is 0.242 e. The van der Waals surface area contributed by atoms with Crippen LogP contribution in [-0.4, -0.2) is 35.6 Å². The van der Waals surface area contributed by atoms with Crippen LogP contribution in [0.15, 0.2) is 30.5 Å². The molecule has 1 fully saturated rings. The van der Waals surface area contributed by atoms with Crippen LogP contribution in [0.3, 0.4) is 0 Å². The highest BCUT2D eigenvalue weighted by molar-refractivity contribution is 5.84. The Morgan fingerprint density at radius 2 is 1.90 bits per heavy atom. The van der Waals surface area contributed by atoms with E-state index in [4.69, 9.17) is 4.74 Å². The molecule has 4 nitrogen and oxygen atoms in total. The predicted octanol–water partition coefficient (Wildman–Crippen LogP) is 3.05. The van der Waals surface area contributed by atoms with Crippen molar-refractivity contribution in [2.24, 2.45) is 0 Å². The second kappa shape index (κ2) is 6.20. The van der Waals surface area contributed by atoms with Gasteiger partial charge in [-0.15, -0.1) is 0 Å². The Bertz CT molecular complexity index is 625. The summed E-state index contributed by atoms with van der Waals surface area (Å²) in [5.74, 6) is 1.07. The van der Waals surface area contributed by atoms with Crippen molar-refractivity contribution in [3.63, 3.8) is 0 Å². The first-order chi connectivity index (χ1) is 10.3. The molecule has 0 spiro atoms. The third-order valence-electron chi connectivity index (χ3n) is 4.24. The predicted molar refractivity (Wildman–Crippen MR) is 83.5 cm³/mol. The molecule has 0 bridgehead atoms. The molecule has 1 amide bonds. The number of ether oxygens (including phenoxy) is 1. The highest BCUT2D eigenvalue weighted by atomic mass is 16.5. The first-order valence-corrected chi connectivity index (χ1v) is 7.68. The Morgan fingerprint density at radius 1 is 1.14 bits per heavy atom. The van der Waals surface area contributed by atoms with Crippen molar-refractivity contribution in [3.05, 3.63) is 30.5 Å². The third kappa shape index (κ3) is 3.04. The smallest absolute Gasteiger partial charge is 0.242 e. The normalized spacial score (nSPS) is 16.0. The summed E-state index contributed by atoms with van der Waals surface area (Å²) in [7, 11) is 1.67. The summed E-state index contributed by atoms with van der Waals surface area (Å²) < 4.78 is 7.27. The van der Waals surface area contributed by atoms with Crippen molar-refractivity contribution >= 4 is 16.8 Å². The van der Waals surface area contributed by atoms with E-state index in [0.29, 0.717) is 6.54 Å². The summed E-state index contributed by atoms with van der Waals surface area (Å²) in [5, 5.41) is 1.11. The van der Waals surface area contributed by atoms with Gasteiger partial charge in [-0.3, -0.25) is 4.79 Å². The van der Waals surface area contributed by atoms with Crippen LogP contribution in [0.2, 0.25) is 0 Å². The number of aromatic nitrogens is 1. The lowest BCUT2D eigenvalue weighted by molar-refractivity contribution is -0.131. The highest BCUT2D eigenvalue weighted by Gasteiger charge is 2.16. The molecule has 0 saturated carbocycles. The van der Waals surface area contributed by atoms with Gasteiger partial charge >= 0.3 is 0 Å². The zero-order valence-electron chi connectivity index (χ0n) is 12.5. The first kappa shape index (κ1) is 14.0. The lowest BCUT2D eigenvalue weighted by atomic mass is 10.2. The largest absolute Gasteiger partial charge is 0.497 e. The van der Waals surface area contributed by atoms with Crippen LogP contribution in [0, 0.1) is 0 Å². The number of hydrogen-bond acceptors (Lipinski definition) is 2. The van der Waals surface area contributed by atoms with E-state index in [1.807, 2.05) is 39.9 Å². The number of nitrogens with zero attached hydrogens (tertiary/aromatic N) is 2. The molecule has 3 rings (SSSR count). The van der Waals surface area contributed by atoms with Crippen molar-refractivity contribution in [1.29, 1.82) is 0 Å². The fourth-order valence-electron chi connectivity index (χ4n) is 3.01. The number of hydrogen-bond donors (Lipinski definition) is 0. The molecule has 0 radical (unpaired) electrons. The molecule has 4 heteroatoms. The molecule has 0 aliphatic carbocycles. The number of methoxy groups -OCH3 is 1. The number of carbonyl (C=O) groups excluding carboxylic acids is 1. The Hall–Kier alpha value is -1.97. The molecule has 1 aromatic heterocycles. The maximum absolute atomic E-state index is 12.5. The number of rotatable bonds is 3. The Labute approximate surface area is 125 Å². The molecule has 21 heavy (non-hydrogen) atoms. The standard InChI is InChI=1S/C17H22N2O2/c1-21-15-6-7-16-14(12-15)8-11-19(16)13-17(20)18-9-4-2-3-5-10-18/h6-8,11-12H,2-5,9-10,13H2,1H3. The molecule has 1 aromatic carbocycles. The fraction of sp³-hybridized carbons (Fsp3) is 0.471. The summed E-state index contributed by atoms with van der Waals surface area (Å²) in [6.45, 7) is 2.24. The summed E-state index contributed by atoms with van der Waals surface area (Å²) in [6, 6.07) is 7.99. The Morgan fingerprint density at radius 3 is 2.62 bits per heavy atom. The average Bonchev–Trinajstić information content (AvgIpc) is 2.73. The number of benzene rings is 1. The van der Waals surface area contributed by atoms with Gasteiger partial charge < -0.3 is 14.2 Å². The van der Waals surface area contributed by atoms with Crippen LogP contribution in [0.25, 0.3) is 10.9 Å². The van der Waals surface area contributed by atoms with E-state index in [1.54, 1.807) is 7.11 Å². The summed E-state index contributed by atoms with van der Waals surface area (Å²) in [4.78, 5) is 14.5. The molecule has 112 valence electrons. The monoisotopic (exact) mass is 286 g/mol. The second-order valence-corrected chi connectivity index (χ2v) is 5.66. The van der Waals surface area contributed by atoms with Gasteiger partial charge in [-0.2, -0.15) is 0 Å². The van der Waals surface area contributed by atoms with Crippen molar-refractivity contribution < 1.29 is 9.53 Å². The van der Waals surface area contributed by atoms with Crippen LogP contribution < -0.4 is 4.74 Å². The molecule has 0 unspecified atom stereocenters. The topological polar surface area (TPSA) is 34.5 Å². The van der Waals surface area contributed by atoms with Gasteiger partial charge in [-0.1, -0.05) is 12.8 Å². The molecule has 0 N–H and O–H groups in total. The lowest BCUT2D eigenvalue weighted by Gasteiger charge is -2.20. The third-order valence-corrected chi connectivity index (χ3v) is 4.24. The minimum absolute atomic E-state index is 0.227. The zero-order valence-corrected chi connectivity index (χ0v) is 12.5. The molecular formula is C17H22N2O2. The molecule has 2 aromatic rings. The molecule has 1 aliphatic heterocycles. The van der Waals surface area contributed by atoms with Gasteiger partial charge in [0.15, 0.2) is 0 Å². The fourth-order valence-corrected chi connectivity index (χ4v) is 3.01. The highest BCUT2D eigenvalue weighted by Crippen LogP contribution is 2.22. The molecule has 2 heterocycles. The SMILES string of the molecule is COc1ccc2c(ccn2CC(=O)N2CCCCCC2)c1. The molecular weight excluding hydrogens is 264 g/mol. The van der Waals surface area contributed by atoms with E-state index < -0.39 is 0 Å². The summed E-state index contributed by atoms with van der Waals surface area (Å²) in [5.41, 5.74) is 1.08. The molecule has 1 aliphatic rings. The minimum atomic E-state index is 0.227. The number of fused-ring (bicyclic) bond motifs is 1. The minimum Gasteiger partial charge on any atom is -0.497 e. The van der Waals surface area contributed by atoms with Crippen molar-refractivity contribution in [3.8, 4) is 5.75 Å². The van der Waals surface area contributed by atoms with Gasteiger partial charge in [0, 0.05) is 30.2 Å². The summed E-state index contributed by atoms with van der Waals surface area (Å²) in [6.07, 6.45) is 6.75. The van der Waals surface area contributed by atoms with Gasteiger partial charge in [0.2, 0.25) is 5.91 Å². The van der Waals surface area contributed by atoms with E-state index >= 15 is 0 Å². The first-order valence-electron chi connectivity index (χ1n) is 7.68. The van der Waals surface area contributed by atoms with Crippen LogP contribution in [0.4, 0.5) is 0 Å². The number of amides is 1. The van der Waals surface area contributed by atoms with Crippen LogP contribution in [0.1, 0.15) is 25.7 Å². The van der Waals surface area contributed by atoms with Crippen LogP contribution >= 0.6 is 0 Å². The van der Waals surface area contributed by atoms with Crippen molar-refractivity contribution in [1.82, 2.24) is 9.47 Å². The van der Waals surface area contributed by atoms with E-state index in [-0.39, 0.29) is 5.91 Å². The van der Waals surface area contributed by atoms with Gasteiger partial charge in [0.05, 0.1) is 7.11 Å². The molecule has 0 atom stereocenters. The maximum atomic E-state index is 12.5. The lowest BCUT2D eigenvalue weighted by Crippen LogP contribution is -2.34.